The summed E-state index contributed by atoms with van der Waals surface area (Å²) in [5.74, 6) is -1.25. The lowest BCUT2D eigenvalue weighted by atomic mass is 10.1. The van der Waals surface area contributed by atoms with Gasteiger partial charge in [-0.2, -0.15) is 0 Å². The van der Waals surface area contributed by atoms with Crippen LogP contribution in [0.1, 0.15) is 41.5 Å². The Labute approximate surface area is 280 Å². The number of sulfonamides is 1. The number of rotatable bonds is 17. The van der Waals surface area contributed by atoms with Crippen LogP contribution in [0.5, 0.6) is 11.5 Å². The van der Waals surface area contributed by atoms with Crippen molar-refractivity contribution in [3.8, 4) is 11.5 Å². The maximum Gasteiger partial charge on any atom is 0.326 e. The molecule has 0 unspecified atom stereocenters. The standard InChI is InChI=1S/C36H40N4O7S/c1-25-31(39-48(2,45)46)11-7-12-33(25)40(23-27-8-4-3-5-9-27)24-28-16-20-30(21-17-28)47-29-18-14-26(15-19-29)10-6-13-35(42)38-32(36(43)44)22-34(37)41/h3-5,7-9,11-12,14-21,32,39H,6,10,13,22-24H2,1-2H3,(H2,37,41)(H,38,42)(H,43,44)/t32-/m0/s1. The first-order valence-electron chi connectivity index (χ1n) is 15.4. The Morgan fingerprint density at radius 1 is 0.833 bits per heavy atom. The summed E-state index contributed by atoms with van der Waals surface area (Å²) >= 11 is 0. The minimum atomic E-state index is -3.44. The van der Waals surface area contributed by atoms with E-state index in [-0.39, 0.29) is 6.42 Å². The first-order chi connectivity index (χ1) is 22.9. The van der Waals surface area contributed by atoms with E-state index in [0.717, 1.165) is 34.2 Å². The van der Waals surface area contributed by atoms with Crippen molar-refractivity contribution in [2.24, 2.45) is 5.73 Å². The van der Waals surface area contributed by atoms with Crippen molar-refractivity contribution >= 4 is 39.2 Å². The van der Waals surface area contributed by atoms with Crippen LogP contribution in [-0.4, -0.2) is 43.6 Å². The van der Waals surface area contributed by atoms with Crippen molar-refractivity contribution in [1.29, 1.82) is 0 Å². The van der Waals surface area contributed by atoms with Crippen molar-refractivity contribution in [3.05, 3.63) is 119 Å². The van der Waals surface area contributed by atoms with Crippen LogP contribution < -0.4 is 25.4 Å². The number of nitrogens with two attached hydrogens (primary N) is 1. The number of hydrogen-bond donors (Lipinski definition) is 4. The predicted molar refractivity (Wildman–Crippen MR) is 185 cm³/mol. The Hall–Kier alpha value is -5.36. The SMILES string of the molecule is Cc1c(NS(C)(=O)=O)cccc1N(Cc1ccccc1)Cc1ccc(Oc2ccc(CCCC(=O)N[C@@H](CC(N)=O)C(=O)O)cc2)cc1. The number of aliphatic carboxylic acids is 1. The average Bonchev–Trinajstić information content (AvgIpc) is 3.03. The summed E-state index contributed by atoms with van der Waals surface area (Å²) < 4.78 is 32.6. The number of anilines is 2. The molecule has 0 aliphatic heterocycles. The fourth-order valence-corrected chi connectivity index (χ4v) is 5.79. The van der Waals surface area contributed by atoms with Gasteiger partial charge in [0.15, 0.2) is 0 Å². The van der Waals surface area contributed by atoms with Gasteiger partial charge in [-0.05, 0) is 78.4 Å². The van der Waals surface area contributed by atoms with E-state index in [0.29, 0.717) is 43.1 Å². The lowest BCUT2D eigenvalue weighted by Gasteiger charge is -2.28. The van der Waals surface area contributed by atoms with E-state index in [4.69, 9.17) is 15.6 Å². The van der Waals surface area contributed by atoms with Gasteiger partial charge in [-0.25, -0.2) is 13.2 Å². The van der Waals surface area contributed by atoms with Gasteiger partial charge in [0.05, 0.1) is 18.4 Å². The summed E-state index contributed by atoms with van der Waals surface area (Å²) in [6.07, 6.45) is 1.89. The zero-order valence-corrected chi connectivity index (χ0v) is 27.7. The molecule has 0 saturated heterocycles. The number of amides is 2. The maximum atomic E-state index is 12.1. The van der Waals surface area contributed by atoms with Crippen LogP contribution >= 0.6 is 0 Å². The maximum absolute atomic E-state index is 12.1. The minimum absolute atomic E-state index is 0.110. The second-order valence-electron chi connectivity index (χ2n) is 11.5. The number of ether oxygens (including phenoxy) is 1. The fraction of sp³-hybridized carbons (Fsp3) is 0.250. The molecule has 0 saturated carbocycles. The number of carbonyl (C=O) groups excluding carboxylic acids is 2. The van der Waals surface area contributed by atoms with E-state index >= 15 is 0 Å². The average molecular weight is 673 g/mol. The lowest BCUT2D eigenvalue weighted by Crippen LogP contribution is -2.43. The highest BCUT2D eigenvalue weighted by Gasteiger charge is 2.22. The summed E-state index contributed by atoms with van der Waals surface area (Å²) in [4.78, 5) is 36.6. The highest BCUT2D eigenvalue weighted by atomic mass is 32.2. The monoisotopic (exact) mass is 672 g/mol. The van der Waals surface area contributed by atoms with Gasteiger partial charge in [0.2, 0.25) is 21.8 Å². The molecule has 1 atom stereocenters. The summed E-state index contributed by atoms with van der Waals surface area (Å²) in [6.45, 7) is 3.11. The summed E-state index contributed by atoms with van der Waals surface area (Å²) in [7, 11) is -3.44. The van der Waals surface area contributed by atoms with Gasteiger partial charge in [-0.15, -0.1) is 0 Å². The summed E-state index contributed by atoms with van der Waals surface area (Å²) in [5.41, 5.74) is 10.5. The van der Waals surface area contributed by atoms with Crippen LogP contribution in [0.4, 0.5) is 11.4 Å². The fourth-order valence-electron chi connectivity index (χ4n) is 5.17. The Kier molecular flexibility index (Phi) is 12.2. The molecule has 4 rings (SSSR count). The molecule has 11 nitrogen and oxygen atoms in total. The molecular formula is C36H40N4O7S. The molecule has 2 amide bonds. The van der Waals surface area contributed by atoms with Crippen molar-refractivity contribution in [2.75, 3.05) is 15.9 Å². The molecule has 48 heavy (non-hydrogen) atoms. The molecule has 12 heteroatoms. The van der Waals surface area contributed by atoms with E-state index < -0.39 is 40.3 Å². The smallest absolute Gasteiger partial charge is 0.326 e. The second kappa shape index (κ2) is 16.5. The van der Waals surface area contributed by atoms with Crippen LogP contribution in [0.25, 0.3) is 0 Å². The molecule has 0 radical (unpaired) electrons. The lowest BCUT2D eigenvalue weighted by molar-refractivity contribution is -0.143. The molecular weight excluding hydrogens is 632 g/mol. The first-order valence-corrected chi connectivity index (χ1v) is 17.3. The van der Waals surface area contributed by atoms with Gasteiger partial charge < -0.3 is 25.8 Å². The number of nitrogens with zero attached hydrogens (tertiary/aromatic N) is 1. The van der Waals surface area contributed by atoms with Crippen LogP contribution in [0.3, 0.4) is 0 Å². The van der Waals surface area contributed by atoms with E-state index in [2.05, 4.69) is 27.1 Å². The Balaban J connectivity index is 1.36. The molecule has 4 aromatic carbocycles. The van der Waals surface area contributed by atoms with Crippen LogP contribution in [-0.2, 0) is 43.9 Å². The van der Waals surface area contributed by atoms with Gasteiger partial charge in [0.1, 0.15) is 17.5 Å². The normalized spacial score (nSPS) is 11.7. The van der Waals surface area contributed by atoms with Crippen LogP contribution in [0, 0.1) is 6.92 Å². The van der Waals surface area contributed by atoms with Crippen LogP contribution in [0.2, 0.25) is 0 Å². The highest BCUT2D eigenvalue weighted by Crippen LogP contribution is 2.31. The molecule has 0 aliphatic rings. The topological polar surface area (TPSA) is 168 Å². The van der Waals surface area contributed by atoms with Crippen molar-refractivity contribution < 1.29 is 32.6 Å². The number of nitrogens with one attached hydrogen (secondary N) is 2. The molecule has 0 fully saturated rings. The van der Waals surface area contributed by atoms with Gasteiger partial charge in [-0.1, -0.05) is 60.7 Å². The van der Waals surface area contributed by atoms with E-state index in [1.165, 1.54) is 0 Å². The highest BCUT2D eigenvalue weighted by molar-refractivity contribution is 7.92. The van der Waals surface area contributed by atoms with Gasteiger partial charge >= 0.3 is 5.97 Å². The number of carboxylic acid groups (broad SMARTS) is 1. The van der Waals surface area contributed by atoms with E-state index in [1.807, 2.05) is 85.8 Å². The third-order valence-corrected chi connectivity index (χ3v) is 8.11. The Morgan fingerprint density at radius 2 is 1.42 bits per heavy atom. The number of carbonyl (C=O) groups is 3. The van der Waals surface area contributed by atoms with E-state index in [9.17, 15) is 22.8 Å². The molecule has 0 bridgehead atoms. The molecule has 4 aromatic rings. The number of hydrogen-bond acceptors (Lipinski definition) is 7. The molecule has 5 N–H and O–H groups in total. The third-order valence-electron chi connectivity index (χ3n) is 7.52. The number of aryl methyl sites for hydroxylation is 1. The minimum Gasteiger partial charge on any atom is -0.480 e. The molecule has 0 aromatic heterocycles. The molecule has 0 aliphatic carbocycles. The largest absolute Gasteiger partial charge is 0.480 e. The van der Waals surface area contributed by atoms with Crippen molar-refractivity contribution in [3.63, 3.8) is 0 Å². The first kappa shape index (κ1) is 35.5. The zero-order valence-electron chi connectivity index (χ0n) is 26.9. The van der Waals surface area contributed by atoms with Gasteiger partial charge in [0.25, 0.3) is 0 Å². The van der Waals surface area contributed by atoms with E-state index in [1.54, 1.807) is 6.07 Å². The summed E-state index contributed by atoms with van der Waals surface area (Å²) in [6, 6.07) is 29.7. The summed E-state index contributed by atoms with van der Waals surface area (Å²) in [5, 5.41) is 11.5. The van der Waals surface area contributed by atoms with Gasteiger partial charge in [-0.3, -0.25) is 14.3 Å². The van der Waals surface area contributed by atoms with Gasteiger partial charge in [0, 0.05) is 25.2 Å². The second-order valence-corrected chi connectivity index (χ2v) is 13.3. The van der Waals surface area contributed by atoms with Crippen LogP contribution in [0.15, 0.2) is 97.1 Å². The Morgan fingerprint density at radius 3 is 1.98 bits per heavy atom. The zero-order chi connectivity index (χ0) is 34.7. The number of benzene rings is 4. The predicted octanol–water partition coefficient (Wildman–Crippen LogP) is 5.13. The molecule has 252 valence electrons. The number of carboxylic acids is 1. The third kappa shape index (κ3) is 11.2. The number of primary amides is 1. The van der Waals surface area contributed by atoms with Crippen molar-refractivity contribution in [2.45, 2.75) is 51.7 Å². The Bertz CT molecular complexity index is 1810. The quantitative estimate of drug-likeness (QED) is 0.120. The molecule has 0 spiro atoms. The molecule has 0 heterocycles. The van der Waals surface area contributed by atoms with Crippen molar-refractivity contribution in [1.82, 2.24) is 5.32 Å².